The normalized spacial score (nSPS) is 16.2. The fourth-order valence-electron chi connectivity index (χ4n) is 1.76. The van der Waals surface area contributed by atoms with Gasteiger partial charge in [0.1, 0.15) is 0 Å². The van der Waals surface area contributed by atoms with E-state index in [1.165, 1.54) is 18.4 Å². The standard InChI is InChI=1S/C14H19BrN2/c1-11(3-2-8-16-13-6-7-13)9-14-5-4-12(15)10-17-14/h3-5,10,13,16H,2,6-9H2,1H3/b11-3-. The van der Waals surface area contributed by atoms with E-state index in [1.807, 2.05) is 12.3 Å². The molecule has 1 fully saturated rings. The van der Waals surface area contributed by atoms with Crippen LogP contribution in [-0.2, 0) is 6.42 Å². The highest BCUT2D eigenvalue weighted by Crippen LogP contribution is 2.18. The van der Waals surface area contributed by atoms with Crippen molar-refractivity contribution in [1.29, 1.82) is 0 Å². The first-order valence-corrected chi connectivity index (χ1v) is 7.03. The molecule has 1 saturated carbocycles. The number of hydrogen-bond donors (Lipinski definition) is 1. The Morgan fingerprint density at radius 1 is 1.53 bits per heavy atom. The predicted octanol–water partition coefficient (Wildman–Crippen LogP) is 3.48. The first-order valence-electron chi connectivity index (χ1n) is 6.23. The van der Waals surface area contributed by atoms with Crippen LogP contribution < -0.4 is 5.32 Å². The molecule has 2 rings (SSSR count). The van der Waals surface area contributed by atoms with E-state index >= 15 is 0 Å². The molecule has 1 aliphatic carbocycles. The summed E-state index contributed by atoms with van der Waals surface area (Å²) in [5.74, 6) is 0. The Morgan fingerprint density at radius 2 is 2.35 bits per heavy atom. The van der Waals surface area contributed by atoms with Crippen molar-refractivity contribution in [3.05, 3.63) is 40.1 Å². The van der Waals surface area contributed by atoms with Crippen molar-refractivity contribution in [2.75, 3.05) is 6.54 Å². The molecule has 1 N–H and O–H groups in total. The lowest BCUT2D eigenvalue weighted by molar-refractivity contribution is 0.688. The van der Waals surface area contributed by atoms with E-state index in [9.17, 15) is 0 Å². The van der Waals surface area contributed by atoms with Gasteiger partial charge in [-0.15, -0.1) is 0 Å². The Labute approximate surface area is 112 Å². The molecule has 0 radical (unpaired) electrons. The van der Waals surface area contributed by atoms with Crippen LogP contribution in [0.25, 0.3) is 0 Å². The van der Waals surface area contributed by atoms with Crippen LogP contribution in [0.4, 0.5) is 0 Å². The topological polar surface area (TPSA) is 24.9 Å². The van der Waals surface area contributed by atoms with Gasteiger partial charge in [0.25, 0.3) is 0 Å². The quantitative estimate of drug-likeness (QED) is 0.642. The Balaban J connectivity index is 1.72. The van der Waals surface area contributed by atoms with Crippen molar-refractivity contribution in [2.45, 2.75) is 38.6 Å². The molecule has 0 atom stereocenters. The molecule has 0 amide bonds. The minimum absolute atomic E-state index is 0.817. The Kier molecular flexibility index (Phi) is 4.75. The molecule has 0 spiro atoms. The number of allylic oxidation sites excluding steroid dienone is 1. The summed E-state index contributed by atoms with van der Waals surface area (Å²) in [5.41, 5.74) is 2.54. The molecule has 1 aliphatic rings. The van der Waals surface area contributed by atoms with Crippen molar-refractivity contribution in [3.8, 4) is 0 Å². The van der Waals surface area contributed by atoms with Gasteiger partial charge in [-0.2, -0.15) is 0 Å². The smallest absolute Gasteiger partial charge is 0.0444 e. The van der Waals surface area contributed by atoms with Gasteiger partial charge in [-0.05, 0) is 60.8 Å². The molecule has 3 heteroatoms. The second-order valence-electron chi connectivity index (χ2n) is 4.71. The van der Waals surface area contributed by atoms with E-state index < -0.39 is 0 Å². The van der Waals surface area contributed by atoms with E-state index in [0.29, 0.717) is 0 Å². The zero-order valence-corrected chi connectivity index (χ0v) is 11.8. The highest BCUT2D eigenvalue weighted by Gasteiger charge is 2.19. The molecule has 0 aliphatic heterocycles. The second kappa shape index (κ2) is 6.31. The Hall–Kier alpha value is -0.670. The zero-order valence-electron chi connectivity index (χ0n) is 10.2. The summed E-state index contributed by atoms with van der Waals surface area (Å²) in [6, 6.07) is 4.94. The summed E-state index contributed by atoms with van der Waals surface area (Å²) in [4.78, 5) is 4.38. The first-order chi connectivity index (χ1) is 8.24. The SMILES string of the molecule is C/C(=C/CCNC1CC1)Cc1ccc(Br)cn1. The summed E-state index contributed by atoms with van der Waals surface area (Å²) >= 11 is 3.40. The molecule has 1 aromatic rings. The van der Waals surface area contributed by atoms with Gasteiger partial charge in [-0.1, -0.05) is 11.6 Å². The lowest BCUT2D eigenvalue weighted by Crippen LogP contribution is -2.16. The monoisotopic (exact) mass is 294 g/mol. The minimum atomic E-state index is 0.817. The van der Waals surface area contributed by atoms with Crippen LogP contribution in [-0.4, -0.2) is 17.6 Å². The van der Waals surface area contributed by atoms with Crippen molar-refractivity contribution in [1.82, 2.24) is 10.3 Å². The molecule has 0 saturated heterocycles. The Morgan fingerprint density at radius 3 is 3.00 bits per heavy atom. The van der Waals surface area contributed by atoms with Gasteiger partial charge < -0.3 is 5.32 Å². The minimum Gasteiger partial charge on any atom is -0.314 e. The average Bonchev–Trinajstić information content (AvgIpc) is 3.12. The van der Waals surface area contributed by atoms with Gasteiger partial charge in [-0.25, -0.2) is 0 Å². The number of nitrogens with zero attached hydrogens (tertiary/aromatic N) is 1. The van der Waals surface area contributed by atoms with E-state index in [-0.39, 0.29) is 0 Å². The van der Waals surface area contributed by atoms with E-state index in [4.69, 9.17) is 0 Å². The molecule has 0 unspecified atom stereocenters. The molecule has 2 nitrogen and oxygen atoms in total. The number of nitrogens with one attached hydrogen (secondary N) is 1. The predicted molar refractivity (Wildman–Crippen MR) is 75.0 cm³/mol. The van der Waals surface area contributed by atoms with Gasteiger partial charge in [-0.3, -0.25) is 4.98 Å². The molecule has 17 heavy (non-hydrogen) atoms. The third kappa shape index (κ3) is 5.00. The fourth-order valence-corrected chi connectivity index (χ4v) is 2.00. The number of hydrogen-bond acceptors (Lipinski definition) is 2. The van der Waals surface area contributed by atoms with Crippen LogP contribution in [0, 0.1) is 0 Å². The van der Waals surface area contributed by atoms with Gasteiger partial charge >= 0.3 is 0 Å². The van der Waals surface area contributed by atoms with Crippen LogP contribution in [0.1, 0.15) is 31.9 Å². The van der Waals surface area contributed by atoms with E-state index in [2.05, 4.69) is 45.3 Å². The second-order valence-corrected chi connectivity index (χ2v) is 5.63. The molecule has 1 aromatic heterocycles. The summed E-state index contributed by atoms with van der Waals surface area (Å²) in [6.07, 6.45) is 8.99. The van der Waals surface area contributed by atoms with Crippen molar-refractivity contribution in [3.63, 3.8) is 0 Å². The number of pyridine rings is 1. The summed E-state index contributed by atoms with van der Waals surface area (Å²) in [5, 5.41) is 3.52. The largest absolute Gasteiger partial charge is 0.314 e. The highest BCUT2D eigenvalue weighted by atomic mass is 79.9. The van der Waals surface area contributed by atoms with Crippen LogP contribution in [0.15, 0.2) is 34.5 Å². The van der Waals surface area contributed by atoms with Crippen LogP contribution >= 0.6 is 15.9 Å². The molecular formula is C14H19BrN2. The van der Waals surface area contributed by atoms with Crippen LogP contribution in [0.2, 0.25) is 0 Å². The van der Waals surface area contributed by atoms with Crippen LogP contribution in [0.5, 0.6) is 0 Å². The first kappa shape index (κ1) is 12.8. The van der Waals surface area contributed by atoms with Crippen molar-refractivity contribution >= 4 is 15.9 Å². The lowest BCUT2D eigenvalue weighted by atomic mass is 10.1. The van der Waals surface area contributed by atoms with Gasteiger partial charge in [0, 0.05) is 28.8 Å². The molecule has 0 aromatic carbocycles. The molecular weight excluding hydrogens is 276 g/mol. The van der Waals surface area contributed by atoms with E-state index in [1.54, 1.807) is 0 Å². The molecule has 1 heterocycles. The average molecular weight is 295 g/mol. The number of aromatic nitrogens is 1. The van der Waals surface area contributed by atoms with Crippen molar-refractivity contribution < 1.29 is 0 Å². The molecule has 0 bridgehead atoms. The third-order valence-electron chi connectivity index (χ3n) is 2.90. The van der Waals surface area contributed by atoms with Gasteiger partial charge in [0.15, 0.2) is 0 Å². The summed E-state index contributed by atoms with van der Waals surface area (Å²) in [7, 11) is 0. The maximum atomic E-state index is 4.38. The van der Waals surface area contributed by atoms with Crippen LogP contribution in [0.3, 0.4) is 0 Å². The summed E-state index contributed by atoms with van der Waals surface area (Å²) < 4.78 is 1.04. The number of rotatable bonds is 6. The highest BCUT2D eigenvalue weighted by molar-refractivity contribution is 9.10. The lowest BCUT2D eigenvalue weighted by Gasteiger charge is -2.03. The van der Waals surface area contributed by atoms with Crippen molar-refractivity contribution in [2.24, 2.45) is 0 Å². The fraction of sp³-hybridized carbons (Fsp3) is 0.500. The van der Waals surface area contributed by atoms with Gasteiger partial charge in [0.2, 0.25) is 0 Å². The third-order valence-corrected chi connectivity index (χ3v) is 3.37. The van der Waals surface area contributed by atoms with Gasteiger partial charge in [0.05, 0.1) is 0 Å². The van der Waals surface area contributed by atoms with E-state index in [0.717, 1.165) is 35.6 Å². The Bertz CT molecular complexity index is 380. The number of halogens is 1. The zero-order chi connectivity index (χ0) is 12.1. The molecule has 92 valence electrons. The maximum absolute atomic E-state index is 4.38. The summed E-state index contributed by atoms with van der Waals surface area (Å²) in [6.45, 7) is 3.29. The maximum Gasteiger partial charge on any atom is 0.0444 e.